The third kappa shape index (κ3) is 3.75. The largest absolute Gasteiger partial charge is 0.475 e. The Balaban J connectivity index is 1.35. The monoisotopic (exact) mass is 488 g/mol. The number of hydrogen-bond donors (Lipinski definition) is 3. The van der Waals surface area contributed by atoms with Gasteiger partial charge in [0, 0.05) is 18.8 Å². The molecule has 5 heterocycles. The number of aliphatic hydroxyl groups excluding tert-OH is 2. The average Bonchev–Trinajstić information content (AvgIpc) is 3.40. The van der Waals surface area contributed by atoms with Crippen LogP contribution < -0.4 is 5.73 Å². The highest BCUT2D eigenvalue weighted by Gasteiger charge is 2.58. The predicted octanol–water partition coefficient (Wildman–Crippen LogP) is 0.849. The van der Waals surface area contributed by atoms with E-state index in [0.29, 0.717) is 11.9 Å². The molecule has 34 heavy (non-hydrogen) atoms. The zero-order chi connectivity index (χ0) is 23.9. The summed E-state index contributed by atoms with van der Waals surface area (Å²) in [6, 6.07) is 8.47. The Labute approximate surface area is 193 Å². The number of anilines is 1. The van der Waals surface area contributed by atoms with Gasteiger partial charge in [0.1, 0.15) is 36.2 Å². The molecule has 0 saturated carbocycles. The van der Waals surface area contributed by atoms with Gasteiger partial charge in [0.15, 0.2) is 5.82 Å². The lowest BCUT2D eigenvalue weighted by Gasteiger charge is -2.29. The number of aliphatic hydroxyl groups is 2. The van der Waals surface area contributed by atoms with Crippen LogP contribution in [0.25, 0.3) is 5.52 Å². The van der Waals surface area contributed by atoms with Crippen LogP contribution >= 0.6 is 7.82 Å². The molecule has 6 atom stereocenters. The molecule has 13 nitrogen and oxygen atoms in total. The number of aromatic nitrogens is 4. The highest BCUT2D eigenvalue weighted by Crippen LogP contribution is 2.57. The molecular formula is C20H21N6O7P. The van der Waals surface area contributed by atoms with Crippen LogP contribution in [0.15, 0.2) is 43.0 Å². The average molecular weight is 488 g/mol. The lowest BCUT2D eigenvalue weighted by molar-refractivity contribution is -0.0689. The summed E-state index contributed by atoms with van der Waals surface area (Å²) in [6.45, 7) is -0.344. The van der Waals surface area contributed by atoms with E-state index in [2.05, 4.69) is 15.1 Å². The highest BCUT2D eigenvalue weighted by molar-refractivity contribution is 7.48. The number of phosphoric ester groups is 1. The van der Waals surface area contributed by atoms with Crippen LogP contribution in [0.4, 0.5) is 5.82 Å². The molecular weight excluding hydrogens is 467 g/mol. The van der Waals surface area contributed by atoms with E-state index in [9.17, 15) is 20.0 Å². The number of pyridine rings is 1. The minimum absolute atomic E-state index is 0.125. The van der Waals surface area contributed by atoms with Crippen molar-refractivity contribution in [3.05, 3.63) is 54.2 Å². The number of ether oxygens (including phenoxy) is 1. The minimum Gasteiger partial charge on any atom is -0.387 e. The van der Waals surface area contributed by atoms with E-state index < -0.39 is 44.4 Å². The molecule has 0 aliphatic carbocycles. The Hall–Kier alpha value is -2.95. The van der Waals surface area contributed by atoms with E-state index in [4.69, 9.17) is 24.0 Å². The molecule has 0 amide bonds. The quantitative estimate of drug-likeness (QED) is 0.430. The van der Waals surface area contributed by atoms with Gasteiger partial charge in [0.25, 0.3) is 0 Å². The van der Waals surface area contributed by atoms with Crippen LogP contribution in [0.2, 0.25) is 0 Å². The van der Waals surface area contributed by atoms with E-state index in [1.54, 1.807) is 30.6 Å². The Morgan fingerprint density at radius 1 is 1.32 bits per heavy atom. The van der Waals surface area contributed by atoms with Gasteiger partial charge >= 0.3 is 7.82 Å². The summed E-state index contributed by atoms with van der Waals surface area (Å²) in [5.41, 5.74) is 5.15. The van der Waals surface area contributed by atoms with Crippen LogP contribution in [0.5, 0.6) is 0 Å². The van der Waals surface area contributed by atoms with Gasteiger partial charge in [-0.1, -0.05) is 0 Å². The van der Waals surface area contributed by atoms with Crippen molar-refractivity contribution in [2.24, 2.45) is 0 Å². The molecule has 0 radical (unpaired) electrons. The number of nitriles is 1. The van der Waals surface area contributed by atoms with E-state index in [1.165, 1.54) is 16.9 Å². The Morgan fingerprint density at radius 2 is 2.12 bits per heavy atom. The van der Waals surface area contributed by atoms with E-state index in [0.717, 1.165) is 5.56 Å². The number of nitrogen functional groups attached to an aromatic ring is 1. The third-order valence-corrected chi connectivity index (χ3v) is 7.32. The van der Waals surface area contributed by atoms with Crippen molar-refractivity contribution in [3.8, 4) is 6.07 Å². The molecule has 178 valence electrons. The van der Waals surface area contributed by atoms with Gasteiger partial charge in [-0.3, -0.25) is 18.6 Å². The molecule has 1 unspecified atom stereocenters. The molecule has 3 aromatic heterocycles. The van der Waals surface area contributed by atoms with Crippen LogP contribution in [0.3, 0.4) is 0 Å². The molecule has 0 bridgehead atoms. The minimum atomic E-state index is -4.01. The number of nitrogens with two attached hydrogens (primary N) is 1. The first-order chi connectivity index (χ1) is 16.4. The number of hydrogen-bond acceptors (Lipinski definition) is 12. The van der Waals surface area contributed by atoms with Crippen molar-refractivity contribution in [3.63, 3.8) is 0 Å². The number of rotatable bonds is 5. The van der Waals surface area contributed by atoms with Gasteiger partial charge in [-0.05, 0) is 29.8 Å². The maximum atomic E-state index is 13.1. The molecule has 2 saturated heterocycles. The molecule has 14 heteroatoms. The molecule has 4 N–H and O–H groups in total. The van der Waals surface area contributed by atoms with Crippen molar-refractivity contribution in [1.29, 1.82) is 5.26 Å². The van der Waals surface area contributed by atoms with Crippen molar-refractivity contribution < 1.29 is 33.1 Å². The number of nitrogens with zero attached hydrogens (tertiary/aromatic N) is 5. The third-order valence-electron chi connectivity index (χ3n) is 5.85. The normalized spacial score (nSPS) is 33.7. The standard InChI is InChI=1S/C20H21N6O7P/c21-10-20(16-2-1-13-19(22)24-11-25-26(13)16)18(28)17(27)15(32-20)9-31-34(29)30-8-5-14(33-34)12-3-6-23-7-4-12/h1-4,6-7,11,14-15,17-18,27-28H,5,8-9H2,(H2,22,24,25)/t14?,15-,17-,18-,20+,34-/m1/s1. The van der Waals surface area contributed by atoms with Crippen LogP contribution in [0, 0.1) is 11.3 Å². The Bertz CT molecular complexity index is 1280. The fourth-order valence-electron chi connectivity index (χ4n) is 4.10. The first-order valence-corrected chi connectivity index (χ1v) is 11.8. The first kappa shape index (κ1) is 22.8. The van der Waals surface area contributed by atoms with Gasteiger partial charge in [-0.15, -0.1) is 0 Å². The van der Waals surface area contributed by atoms with Crippen LogP contribution in [0.1, 0.15) is 23.8 Å². The van der Waals surface area contributed by atoms with E-state index >= 15 is 0 Å². The predicted molar refractivity (Wildman–Crippen MR) is 114 cm³/mol. The summed E-state index contributed by atoms with van der Waals surface area (Å²) in [5, 5.41) is 35.5. The molecule has 2 aliphatic rings. The molecule has 2 aliphatic heterocycles. The van der Waals surface area contributed by atoms with Gasteiger partial charge in [0.2, 0.25) is 5.60 Å². The van der Waals surface area contributed by atoms with Crippen molar-refractivity contribution in [2.75, 3.05) is 18.9 Å². The highest BCUT2D eigenvalue weighted by atomic mass is 31.2. The van der Waals surface area contributed by atoms with Gasteiger partial charge in [-0.2, -0.15) is 10.4 Å². The zero-order valence-corrected chi connectivity index (χ0v) is 18.6. The lowest BCUT2D eigenvalue weighted by atomic mass is 9.92. The van der Waals surface area contributed by atoms with Gasteiger partial charge in [0.05, 0.1) is 25.0 Å². The van der Waals surface area contributed by atoms with Crippen molar-refractivity contribution in [1.82, 2.24) is 19.6 Å². The second-order valence-electron chi connectivity index (χ2n) is 7.84. The second kappa shape index (κ2) is 8.68. The summed E-state index contributed by atoms with van der Waals surface area (Å²) in [6.07, 6.45) is -0.127. The summed E-state index contributed by atoms with van der Waals surface area (Å²) in [7, 11) is -4.01. The number of phosphoric acid groups is 1. The fourth-order valence-corrected chi connectivity index (χ4v) is 5.49. The first-order valence-electron chi connectivity index (χ1n) is 10.4. The molecule has 5 rings (SSSR count). The smallest absolute Gasteiger partial charge is 0.387 e. The summed E-state index contributed by atoms with van der Waals surface area (Å²) in [4.78, 5) is 7.84. The fraction of sp³-hybridized carbons (Fsp3) is 0.400. The molecule has 3 aromatic rings. The van der Waals surface area contributed by atoms with Gasteiger partial charge in [-0.25, -0.2) is 14.1 Å². The maximum Gasteiger partial charge on any atom is 0.475 e. The SMILES string of the molecule is N#C[C@@]1(c2ccc3c(N)ncnn23)O[C@H](CO[P@@]2(=O)OCCC(c3ccncc3)O2)[C@@H](O)[C@H]1O. The number of fused-ring (bicyclic) bond motifs is 1. The van der Waals surface area contributed by atoms with Crippen molar-refractivity contribution >= 4 is 19.2 Å². The second-order valence-corrected chi connectivity index (χ2v) is 9.46. The van der Waals surface area contributed by atoms with E-state index in [1.807, 2.05) is 6.07 Å². The summed E-state index contributed by atoms with van der Waals surface area (Å²) >= 11 is 0. The van der Waals surface area contributed by atoms with Gasteiger partial charge < -0.3 is 20.7 Å². The Kier molecular flexibility index (Phi) is 5.83. The van der Waals surface area contributed by atoms with Crippen LogP contribution in [-0.4, -0.2) is 61.3 Å². The molecule has 0 aromatic carbocycles. The maximum absolute atomic E-state index is 13.1. The van der Waals surface area contributed by atoms with E-state index in [-0.39, 0.29) is 18.1 Å². The summed E-state index contributed by atoms with van der Waals surface area (Å²) < 4.78 is 36.4. The lowest BCUT2D eigenvalue weighted by Crippen LogP contribution is -2.41. The Morgan fingerprint density at radius 3 is 2.88 bits per heavy atom. The topological polar surface area (TPSA) is 187 Å². The summed E-state index contributed by atoms with van der Waals surface area (Å²) in [5.74, 6) is 0.163. The molecule has 2 fully saturated rings. The van der Waals surface area contributed by atoms with Crippen molar-refractivity contribution in [2.45, 2.75) is 36.4 Å². The zero-order valence-electron chi connectivity index (χ0n) is 17.7. The molecule has 0 spiro atoms. The van der Waals surface area contributed by atoms with Crippen LogP contribution in [-0.2, 0) is 28.5 Å².